The van der Waals surface area contributed by atoms with E-state index in [4.69, 9.17) is 5.73 Å². The number of benzene rings is 1. The summed E-state index contributed by atoms with van der Waals surface area (Å²) >= 11 is 1.67. The van der Waals surface area contributed by atoms with Crippen LogP contribution in [0.15, 0.2) is 24.3 Å². The number of nitrogens with two attached hydrogens (primary N) is 1. The number of hydrogen-bond acceptors (Lipinski definition) is 3. The third kappa shape index (κ3) is 1.41. The average molecular weight is 218 g/mol. The quantitative estimate of drug-likeness (QED) is 0.836. The molecule has 1 aromatic heterocycles. The molecule has 1 aliphatic rings. The fourth-order valence-corrected chi connectivity index (χ4v) is 2.98. The fraction of sp³-hybridized carbons (Fsp3) is 0.273. The van der Waals surface area contributed by atoms with Gasteiger partial charge in [0.1, 0.15) is 0 Å². The number of rotatable bonds is 2. The van der Waals surface area contributed by atoms with Crippen molar-refractivity contribution in [2.24, 2.45) is 11.7 Å². The van der Waals surface area contributed by atoms with Crippen molar-refractivity contribution in [3.05, 3.63) is 29.3 Å². The summed E-state index contributed by atoms with van der Waals surface area (Å²) in [6.45, 7) is 0. The van der Waals surface area contributed by atoms with Crippen molar-refractivity contribution in [1.29, 1.82) is 0 Å². The van der Waals surface area contributed by atoms with E-state index in [1.807, 2.05) is 18.2 Å². The van der Waals surface area contributed by atoms with E-state index in [0.29, 0.717) is 0 Å². The fourth-order valence-electron chi connectivity index (χ4n) is 1.83. The van der Waals surface area contributed by atoms with Crippen LogP contribution < -0.4 is 5.73 Å². The molecule has 2 aromatic rings. The molecule has 1 aliphatic carbocycles. The van der Waals surface area contributed by atoms with Gasteiger partial charge in [0, 0.05) is 11.8 Å². The van der Waals surface area contributed by atoms with Crippen LogP contribution in [0.25, 0.3) is 10.2 Å². The smallest absolute Gasteiger partial charge is 0.221 e. The molecule has 0 spiro atoms. The van der Waals surface area contributed by atoms with E-state index in [9.17, 15) is 4.79 Å². The lowest BCUT2D eigenvalue weighted by Gasteiger charge is -1.89. The van der Waals surface area contributed by atoms with Gasteiger partial charge < -0.3 is 5.73 Å². The summed E-state index contributed by atoms with van der Waals surface area (Å²) in [7, 11) is 0. The van der Waals surface area contributed by atoms with Gasteiger partial charge in [-0.05, 0) is 18.6 Å². The van der Waals surface area contributed by atoms with Gasteiger partial charge >= 0.3 is 0 Å². The summed E-state index contributed by atoms with van der Waals surface area (Å²) < 4.78 is 1.18. The Bertz CT molecular complexity index is 501. The Balaban J connectivity index is 1.97. The van der Waals surface area contributed by atoms with Crippen molar-refractivity contribution in [2.75, 3.05) is 0 Å². The molecule has 76 valence electrons. The van der Waals surface area contributed by atoms with Crippen molar-refractivity contribution in [1.82, 2.24) is 4.98 Å². The van der Waals surface area contributed by atoms with Crippen molar-refractivity contribution < 1.29 is 4.79 Å². The minimum Gasteiger partial charge on any atom is -0.369 e. The van der Waals surface area contributed by atoms with Crippen molar-refractivity contribution in [2.45, 2.75) is 12.3 Å². The zero-order chi connectivity index (χ0) is 10.4. The van der Waals surface area contributed by atoms with E-state index in [-0.39, 0.29) is 17.7 Å². The molecule has 4 heteroatoms. The van der Waals surface area contributed by atoms with E-state index < -0.39 is 0 Å². The van der Waals surface area contributed by atoms with Gasteiger partial charge in [-0.3, -0.25) is 4.79 Å². The van der Waals surface area contributed by atoms with Crippen LogP contribution in [0, 0.1) is 5.92 Å². The second-order valence-electron chi connectivity index (χ2n) is 3.87. The zero-order valence-corrected chi connectivity index (χ0v) is 8.83. The highest BCUT2D eigenvalue weighted by Crippen LogP contribution is 2.49. The standard InChI is InChI=1S/C11H10N2OS/c12-10(14)6-5-7(6)11-13-8-3-1-2-4-9(8)15-11/h1-4,6-7H,5H2,(H2,12,14). The number of amides is 1. The summed E-state index contributed by atoms with van der Waals surface area (Å²) in [6, 6.07) is 8.03. The summed E-state index contributed by atoms with van der Waals surface area (Å²) in [5.41, 5.74) is 6.28. The molecular formula is C11H10N2OS. The maximum atomic E-state index is 11.0. The first kappa shape index (κ1) is 8.85. The number of thiazole rings is 1. The maximum absolute atomic E-state index is 11.0. The van der Waals surface area contributed by atoms with Gasteiger partial charge in [-0.15, -0.1) is 11.3 Å². The van der Waals surface area contributed by atoms with Gasteiger partial charge in [-0.2, -0.15) is 0 Å². The van der Waals surface area contributed by atoms with Gasteiger partial charge in [-0.25, -0.2) is 4.98 Å². The third-order valence-corrected chi connectivity index (χ3v) is 3.95. The molecular weight excluding hydrogens is 208 g/mol. The number of para-hydroxylation sites is 1. The van der Waals surface area contributed by atoms with Crippen LogP contribution in [0.4, 0.5) is 0 Å². The van der Waals surface area contributed by atoms with E-state index in [1.54, 1.807) is 11.3 Å². The molecule has 2 atom stereocenters. The van der Waals surface area contributed by atoms with Crippen LogP contribution in [0.1, 0.15) is 17.3 Å². The van der Waals surface area contributed by atoms with Crippen LogP contribution in [-0.4, -0.2) is 10.9 Å². The van der Waals surface area contributed by atoms with Gasteiger partial charge in [0.05, 0.1) is 15.2 Å². The molecule has 1 aromatic carbocycles. The Hall–Kier alpha value is -1.42. The lowest BCUT2D eigenvalue weighted by molar-refractivity contribution is -0.119. The van der Waals surface area contributed by atoms with E-state index in [0.717, 1.165) is 16.9 Å². The molecule has 1 fully saturated rings. The van der Waals surface area contributed by atoms with E-state index >= 15 is 0 Å². The first-order valence-corrected chi connectivity index (χ1v) is 5.72. The molecule has 1 saturated carbocycles. The van der Waals surface area contributed by atoms with Crippen LogP contribution in [0.5, 0.6) is 0 Å². The predicted octanol–water partition coefficient (Wildman–Crippen LogP) is 1.89. The SMILES string of the molecule is NC(=O)C1CC1c1nc2ccccc2s1. The third-order valence-electron chi connectivity index (χ3n) is 2.78. The Kier molecular flexibility index (Phi) is 1.79. The molecule has 1 heterocycles. The summed E-state index contributed by atoms with van der Waals surface area (Å²) in [6.07, 6.45) is 0.870. The number of fused-ring (bicyclic) bond motifs is 1. The molecule has 15 heavy (non-hydrogen) atoms. The summed E-state index contributed by atoms with van der Waals surface area (Å²) in [5, 5.41) is 1.06. The lowest BCUT2D eigenvalue weighted by Crippen LogP contribution is -2.13. The van der Waals surface area contributed by atoms with Crippen LogP contribution in [0.2, 0.25) is 0 Å². The van der Waals surface area contributed by atoms with Crippen LogP contribution in [-0.2, 0) is 4.79 Å². The first-order valence-electron chi connectivity index (χ1n) is 4.90. The Morgan fingerprint density at radius 3 is 2.93 bits per heavy atom. The Morgan fingerprint density at radius 1 is 1.47 bits per heavy atom. The zero-order valence-electron chi connectivity index (χ0n) is 8.01. The predicted molar refractivity (Wildman–Crippen MR) is 59.7 cm³/mol. The first-order chi connectivity index (χ1) is 7.25. The molecule has 0 aliphatic heterocycles. The topological polar surface area (TPSA) is 56.0 Å². The number of hydrogen-bond donors (Lipinski definition) is 1. The average Bonchev–Trinajstić information content (AvgIpc) is 2.91. The lowest BCUT2D eigenvalue weighted by atomic mass is 10.3. The van der Waals surface area contributed by atoms with Crippen LogP contribution >= 0.6 is 11.3 Å². The molecule has 2 N–H and O–H groups in total. The van der Waals surface area contributed by atoms with E-state index in [1.165, 1.54) is 4.70 Å². The molecule has 0 bridgehead atoms. The Morgan fingerprint density at radius 2 is 2.27 bits per heavy atom. The van der Waals surface area contributed by atoms with Crippen LogP contribution in [0.3, 0.4) is 0 Å². The highest BCUT2D eigenvalue weighted by atomic mass is 32.1. The molecule has 0 saturated heterocycles. The van der Waals surface area contributed by atoms with E-state index in [2.05, 4.69) is 11.1 Å². The maximum Gasteiger partial charge on any atom is 0.221 e. The number of primary amides is 1. The van der Waals surface area contributed by atoms with Gasteiger partial charge in [-0.1, -0.05) is 12.1 Å². The molecule has 2 unspecified atom stereocenters. The van der Waals surface area contributed by atoms with Gasteiger partial charge in [0.25, 0.3) is 0 Å². The second-order valence-corrected chi connectivity index (χ2v) is 4.93. The molecule has 1 amide bonds. The number of carbonyl (C=O) groups is 1. The molecule has 0 radical (unpaired) electrons. The molecule has 3 rings (SSSR count). The highest BCUT2D eigenvalue weighted by Gasteiger charge is 2.44. The largest absolute Gasteiger partial charge is 0.369 e. The normalized spacial score (nSPS) is 24.3. The number of nitrogens with zero attached hydrogens (tertiary/aromatic N) is 1. The van der Waals surface area contributed by atoms with Crippen molar-refractivity contribution in [3.63, 3.8) is 0 Å². The minimum absolute atomic E-state index is 0.0190. The monoisotopic (exact) mass is 218 g/mol. The van der Waals surface area contributed by atoms with Crippen molar-refractivity contribution in [3.8, 4) is 0 Å². The second kappa shape index (κ2) is 3.03. The van der Waals surface area contributed by atoms with Gasteiger partial charge in [0.15, 0.2) is 0 Å². The number of carbonyl (C=O) groups excluding carboxylic acids is 1. The Labute approximate surface area is 90.9 Å². The summed E-state index contributed by atoms with van der Waals surface area (Å²) in [4.78, 5) is 15.5. The number of aromatic nitrogens is 1. The molecule has 3 nitrogen and oxygen atoms in total. The summed E-state index contributed by atoms with van der Waals surface area (Å²) in [5.74, 6) is 0.102. The van der Waals surface area contributed by atoms with Crippen molar-refractivity contribution >= 4 is 27.5 Å². The highest BCUT2D eigenvalue weighted by molar-refractivity contribution is 7.18. The van der Waals surface area contributed by atoms with Gasteiger partial charge in [0.2, 0.25) is 5.91 Å². The minimum atomic E-state index is -0.195.